The molecule has 0 radical (unpaired) electrons. The van der Waals surface area contributed by atoms with Crippen molar-refractivity contribution in [2.24, 2.45) is 0 Å². The average Bonchev–Trinajstić information content (AvgIpc) is 2.89. The number of carbonyl (C=O) groups excluding carboxylic acids is 1. The lowest BCUT2D eigenvalue weighted by Gasteiger charge is -2.06. The van der Waals surface area contributed by atoms with E-state index in [0.29, 0.717) is 10.6 Å². The number of hydrogen-bond acceptors (Lipinski definition) is 2. The monoisotopic (exact) mass is 322 g/mol. The fourth-order valence-electron chi connectivity index (χ4n) is 2.66. The average molecular weight is 323 g/mol. The van der Waals surface area contributed by atoms with Gasteiger partial charge in [-0.15, -0.1) is 0 Å². The molecule has 1 aromatic heterocycles. The second-order valence-corrected chi connectivity index (χ2v) is 5.65. The van der Waals surface area contributed by atoms with Crippen molar-refractivity contribution in [1.82, 2.24) is 0 Å². The van der Waals surface area contributed by atoms with Crippen LogP contribution >= 0.6 is 11.6 Å². The van der Waals surface area contributed by atoms with Crippen LogP contribution in [0, 0.1) is 6.92 Å². The zero-order valence-corrected chi connectivity index (χ0v) is 13.4. The van der Waals surface area contributed by atoms with Gasteiger partial charge < -0.3 is 4.42 Å². The Morgan fingerprint density at radius 3 is 2.74 bits per heavy atom. The molecule has 1 heterocycles. The Kier molecular flexibility index (Phi) is 4.18. The first-order chi connectivity index (χ1) is 11.2. The van der Waals surface area contributed by atoms with Crippen molar-refractivity contribution < 1.29 is 9.21 Å². The molecule has 0 saturated heterocycles. The van der Waals surface area contributed by atoms with Crippen LogP contribution < -0.4 is 0 Å². The largest absolute Gasteiger partial charge is 0.456 e. The molecule has 0 aliphatic rings. The Morgan fingerprint density at radius 2 is 2.00 bits per heavy atom. The Labute approximate surface area is 139 Å². The molecule has 0 aliphatic carbocycles. The van der Waals surface area contributed by atoms with Crippen LogP contribution in [0.1, 0.15) is 21.7 Å². The van der Waals surface area contributed by atoms with Gasteiger partial charge in [0.15, 0.2) is 6.29 Å². The van der Waals surface area contributed by atoms with Crippen LogP contribution in [0.15, 0.2) is 59.5 Å². The van der Waals surface area contributed by atoms with Crippen LogP contribution in [0.2, 0.25) is 5.02 Å². The maximum atomic E-state index is 11.4. The minimum absolute atomic E-state index is 0.535. The summed E-state index contributed by atoms with van der Waals surface area (Å²) in [6, 6.07) is 11.2. The first-order valence-electron chi connectivity index (χ1n) is 7.22. The molecule has 3 rings (SSSR count). The van der Waals surface area contributed by atoms with Gasteiger partial charge in [0.05, 0.1) is 0 Å². The van der Waals surface area contributed by atoms with Crippen molar-refractivity contribution in [3.05, 3.63) is 77.0 Å². The van der Waals surface area contributed by atoms with Crippen LogP contribution in [0.5, 0.6) is 0 Å². The van der Waals surface area contributed by atoms with Gasteiger partial charge in [-0.25, -0.2) is 0 Å². The first kappa shape index (κ1) is 15.3. The molecular weight excluding hydrogens is 308 g/mol. The van der Waals surface area contributed by atoms with E-state index in [-0.39, 0.29) is 0 Å². The van der Waals surface area contributed by atoms with Crippen molar-refractivity contribution in [1.29, 1.82) is 0 Å². The van der Waals surface area contributed by atoms with Gasteiger partial charge in [0.2, 0.25) is 0 Å². The standard InChI is InChI=1S/C20H15ClO2/c1-3-4-8-19-13(2)16-6-5-7-18(20(16)23-19)17-10-9-15(21)11-14(17)12-22/h3-12H,1H2,2H3/b8-4-. The number of para-hydroxylation sites is 1. The fourth-order valence-corrected chi connectivity index (χ4v) is 2.84. The molecule has 2 aromatic carbocycles. The summed E-state index contributed by atoms with van der Waals surface area (Å²) < 4.78 is 6.03. The number of hydrogen-bond donors (Lipinski definition) is 0. The van der Waals surface area contributed by atoms with Crippen LogP contribution in [-0.2, 0) is 0 Å². The topological polar surface area (TPSA) is 30.2 Å². The SMILES string of the molecule is C=C/C=C\c1oc2c(-c3ccc(Cl)cc3C=O)cccc2c1C. The van der Waals surface area contributed by atoms with Crippen molar-refractivity contribution in [3.8, 4) is 11.1 Å². The highest BCUT2D eigenvalue weighted by atomic mass is 35.5. The van der Waals surface area contributed by atoms with Gasteiger partial charge in [0.1, 0.15) is 11.3 Å². The molecule has 0 fully saturated rings. The highest BCUT2D eigenvalue weighted by Gasteiger charge is 2.15. The maximum absolute atomic E-state index is 11.4. The van der Waals surface area contributed by atoms with Gasteiger partial charge in [-0.2, -0.15) is 0 Å². The quantitative estimate of drug-likeness (QED) is 0.431. The van der Waals surface area contributed by atoms with Crippen molar-refractivity contribution in [2.45, 2.75) is 6.92 Å². The zero-order valence-electron chi connectivity index (χ0n) is 12.7. The summed E-state index contributed by atoms with van der Waals surface area (Å²) in [5, 5.41) is 1.56. The smallest absolute Gasteiger partial charge is 0.150 e. The summed E-state index contributed by atoms with van der Waals surface area (Å²) in [4.78, 5) is 11.4. The van der Waals surface area contributed by atoms with E-state index in [4.69, 9.17) is 16.0 Å². The van der Waals surface area contributed by atoms with Crippen molar-refractivity contribution in [3.63, 3.8) is 0 Å². The number of carbonyl (C=O) groups is 1. The van der Waals surface area contributed by atoms with E-state index < -0.39 is 0 Å². The highest BCUT2D eigenvalue weighted by Crippen LogP contribution is 2.36. The number of aldehydes is 1. The molecule has 0 aliphatic heterocycles. The molecule has 0 unspecified atom stereocenters. The third-order valence-electron chi connectivity index (χ3n) is 3.82. The van der Waals surface area contributed by atoms with Crippen LogP contribution in [-0.4, -0.2) is 6.29 Å². The number of aryl methyl sites for hydroxylation is 1. The van der Waals surface area contributed by atoms with Gasteiger partial charge in [-0.05, 0) is 30.7 Å². The molecule has 0 bridgehead atoms. The Bertz CT molecular complexity index is 932. The highest BCUT2D eigenvalue weighted by molar-refractivity contribution is 6.31. The molecular formula is C20H15ClO2. The Hall–Kier alpha value is -2.58. The lowest BCUT2D eigenvalue weighted by molar-refractivity contribution is 0.112. The summed E-state index contributed by atoms with van der Waals surface area (Å²) in [6.07, 6.45) is 6.24. The lowest BCUT2D eigenvalue weighted by atomic mass is 9.98. The molecule has 2 nitrogen and oxygen atoms in total. The molecule has 0 N–H and O–H groups in total. The first-order valence-corrected chi connectivity index (χ1v) is 7.60. The Morgan fingerprint density at radius 1 is 1.17 bits per heavy atom. The number of halogens is 1. The number of allylic oxidation sites excluding steroid dienone is 2. The van der Waals surface area contributed by atoms with Gasteiger partial charge in [-0.1, -0.05) is 54.6 Å². The van der Waals surface area contributed by atoms with E-state index in [1.165, 1.54) is 0 Å². The number of furan rings is 1. The van der Waals surface area contributed by atoms with Gasteiger partial charge in [0.25, 0.3) is 0 Å². The molecule has 23 heavy (non-hydrogen) atoms. The molecule has 114 valence electrons. The summed E-state index contributed by atoms with van der Waals surface area (Å²) in [5.41, 5.74) is 4.05. The number of benzene rings is 2. The fraction of sp³-hybridized carbons (Fsp3) is 0.0500. The van der Waals surface area contributed by atoms with Gasteiger partial charge in [0, 0.05) is 27.1 Å². The second-order valence-electron chi connectivity index (χ2n) is 5.22. The summed E-state index contributed by atoms with van der Waals surface area (Å²) >= 11 is 5.99. The molecule has 0 spiro atoms. The van der Waals surface area contributed by atoms with E-state index in [0.717, 1.165) is 39.7 Å². The normalized spacial score (nSPS) is 11.2. The minimum Gasteiger partial charge on any atom is -0.456 e. The van der Waals surface area contributed by atoms with Crippen LogP contribution in [0.4, 0.5) is 0 Å². The molecule has 0 amide bonds. The van der Waals surface area contributed by atoms with Gasteiger partial charge in [-0.3, -0.25) is 4.79 Å². The molecule has 0 atom stereocenters. The third kappa shape index (κ3) is 2.73. The minimum atomic E-state index is 0.535. The third-order valence-corrected chi connectivity index (χ3v) is 4.05. The van der Waals surface area contributed by atoms with Crippen LogP contribution in [0.25, 0.3) is 28.2 Å². The summed E-state index contributed by atoms with van der Waals surface area (Å²) in [7, 11) is 0. The summed E-state index contributed by atoms with van der Waals surface area (Å²) in [5.74, 6) is 0.786. The van der Waals surface area contributed by atoms with E-state index in [1.54, 1.807) is 18.2 Å². The van der Waals surface area contributed by atoms with E-state index in [9.17, 15) is 4.79 Å². The lowest BCUT2D eigenvalue weighted by Crippen LogP contribution is -1.88. The van der Waals surface area contributed by atoms with Crippen molar-refractivity contribution in [2.75, 3.05) is 0 Å². The maximum Gasteiger partial charge on any atom is 0.150 e. The summed E-state index contributed by atoms with van der Waals surface area (Å²) in [6.45, 7) is 5.69. The number of fused-ring (bicyclic) bond motifs is 1. The molecule has 0 saturated carbocycles. The van der Waals surface area contributed by atoms with Crippen molar-refractivity contribution >= 4 is 34.9 Å². The predicted octanol–water partition coefficient (Wildman–Crippen LogP) is 6.07. The van der Waals surface area contributed by atoms with E-state index >= 15 is 0 Å². The van der Waals surface area contributed by atoms with Gasteiger partial charge >= 0.3 is 0 Å². The zero-order chi connectivity index (χ0) is 16.4. The number of rotatable bonds is 4. The molecule has 3 aromatic rings. The Balaban J connectivity index is 2.29. The second kappa shape index (κ2) is 6.27. The van der Waals surface area contributed by atoms with E-state index in [2.05, 4.69) is 6.58 Å². The molecule has 3 heteroatoms. The van der Waals surface area contributed by atoms with E-state index in [1.807, 2.05) is 43.3 Å². The van der Waals surface area contributed by atoms with Crippen LogP contribution in [0.3, 0.4) is 0 Å². The predicted molar refractivity (Wildman–Crippen MR) is 96.0 cm³/mol.